The molecule has 2 saturated heterocycles. The molecule has 1 saturated carbocycles. The Bertz CT molecular complexity index is 935. The number of likely N-dealkylation sites (tertiary alicyclic amines) is 1. The van der Waals surface area contributed by atoms with Gasteiger partial charge in [-0.05, 0) is 55.2 Å². The Morgan fingerprint density at radius 3 is 2.48 bits per heavy atom. The van der Waals surface area contributed by atoms with Gasteiger partial charge in [0.15, 0.2) is 0 Å². The van der Waals surface area contributed by atoms with Gasteiger partial charge in [0.2, 0.25) is 5.91 Å². The van der Waals surface area contributed by atoms with E-state index in [2.05, 4.69) is 22.1 Å². The normalized spacial score (nSPS) is 21.2. The summed E-state index contributed by atoms with van der Waals surface area (Å²) in [5.74, 6) is 1.40. The highest BCUT2D eigenvalue weighted by atomic mass is 16.5. The zero-order valence-electron chi connectivity index (χ0n) is 18.2. The first-order chi connectivity index (χ1) is 15.2. The number of fused-ring (bicyclic) bond motifs is 1. The van der Waals surface area contributed by atoms with E-state index >= 15 is 0 Å². The van der Waals surface area contributed by atoms with E-state index in [-0.39, 0.29) is 5.91 Å². The van der Waals surface area contributed by atoms with Gasteiger partial charge >= 0.3 is 0 Å². The molecule has 0 aromatic carbocycles. The van der Waals surface area contributed by atoms with Gasteiger partial charge in [-0.1, -0.05) is 12.8 Å². The smallest absolute Gasteiger partial charge is 0.257 e. The van der Waals surface area contributed by atoms with Crippen molar-refractivity contribution in [1.82, 2.24) is 19.4 Å². The maximum absolute atomic E-state index is 13.0. The maximum Gasteiger partial charge on any atom is 0.257 e. The number of ether oxygens (including phenoxy) is 1. The van der Waals surface area contributed by atoms with E-state index in [0.29, 0.717) is 49.6 Å². The Labute approximate surface area is 183 Å². The summed E-state index contributed by atoms with van der Waals surface area (Å²) in [5, 5.41) is 4.39. The molecule has 0 N–H and O–H groups in total. The van der Waals surface area contributed by atoms with E-state index in [1.807, 2.05) is 11.1 Å². The highest BCUT2D eigenvalue weighted by Gasteiger charge is 2.27. The lowest BCUT2D eigenvalue weighted by atomic mass is 9.89. The number of amides is 2. The second-order valence-corrected chi connectivity index (χ2v) is 9.26. The average Bonchev–Trinajstić information content (AvgIpc) is 3.48. The van der Waals surface area contributed by atoms with E-state index in [1.165, 1.54) is 31.2 Å². The quantitative estimate of drug-likeness (QED) is 0.757. The Hall–Kier alpha value is -2.41. The zero-order chi connectivity index (χ0) is 21.2. The third-order valence-electron chi connectivity index (χ3n) is 7.33. The van der Waals surface area contributed by atoms with Crippen molar-refractivity contribution < 1.29 is 14.3 Å². The summed E-state index contributed by atoms with van der Waals surface area (Å²) in [7, 11) is 0. The molecule has 0 bridgehead atoms. The summed E-state index contributed by atoms with van der Waals surface area (Å²) in [6.45, 7) is 4.11. The molecule has 2 aromatic rings. The number of rotatable bonds is 4. The first-order valence-electron chi connectivity index (χ1n) is 11.8. The van der Waals surface area contributed by atoms with Crippen molar-refractivity contribution in [3.05, 3.63) is 35.7 Å². The molecule has 3 fully saturated rings. The van der Waals surface area contributed by atoms with E-state index in [4.69, 9.17) is 4.74 Å². The Balaban J connectivity index is 1.25. The minimum Gasteiger partial charge on any atom is -0.378 e. The van der Waals surface area contributed by atoms with Gasteiger partial charge in [0.1, 0.15) is 0 Å². The van der Waals surface area contributed by atoms with Crippen molar-refractivity contribution in [1.29, 1.82) is 0 Å². The molecule has 2 amide bonds. The van der Waals surface area contributed by atoms with Crippen LogP contribution in [0.5, 0.6) is 0 Å². The number of morpholine rings is 1. The summed E-state index contributed by atoms with van der Waals surface area (Å²) in [4.78, 5) is 29.6. The third-order valence-corrected chi connectivity index (χ3v) is 7.33. The molecule has 7 heteroatoms. The van der Waals surface area contributed by atoms with Crippen LogP contribution in [0.15, 0.2) is 24.5 Å². The summed E-state index contributed by atoms with van der Waals surface area (Å²) in [6.07, 6.45) is 11.3. The second kappa shape index (κ2) is 8.99. The number of hydrogen-bond acceptors (Lipinski definition) is 4. The van der Waals surface area contributed by atoms with Crippen molar-refractivity contribution in [2.45, 2.75) is 50.9 Å². The number of aromatic nitrogens is 2. The fourth-order valence-corrected chi connectivity index (χ4v) is 5.41. The van der Waals surface area contributed by atoms with Crippen molar-refractivity contribution in [3.63, 3.8) is 0 Å². The van der Waals surface area contributed by atoms with Crippen LogP contribution < -0.4 is 0 Å². The number of carbonyl (C=O) groups excluding carboxylic acids is 2. The molecule has 5 rings (SSSR count). The van der Waals surface area contributed by atoms with Gasteiger partial charge in [-0.15, -0.1) is 0 Å². The van der Waals surface area contributed by atoms with Crippen LogP contribution in [0, 0.1) is 5.92 Å². The average molecular weight is 425 g/mol. The molecule has 0 spiro atoms. The lowest BCUT2D eigenvalue weighted by Crippen LogP contribution is -2.40. The van der Waals surface area contributed by atoms with Crippen molar-refractivity contribution >= 4 is 17.3 Å². The van der Waals surface area contributed by atoms with Gasteiger partial charge in [-0.2, -0.15) is 5.10 Å². The molecule has 166 valence electrons. The lowest BCUT2D eigenvalue weighted by molar-refractivity contribution is -0.133. The molecule has 1 aliphatic carbocycles. The predicted octanol–water partition coefficient (Wildman–Crippen LogP) is 3.09. The fourth-order valence-electron chi connectivity index (χ4n) is 5.41. The maximum atomic E-state index is 13.0. The van der Waals surface area contributed by atoms with E-state index in [9.17, 15) is 9.59 Å². The first kappa shape index (κ1) is 20.5. The summed E-state index contributed by atoms with van der Waals surface area (Å²) < 4.78 is 7.16. The topological polar surface area (TPSA) is 67.2 Å². The van der Waals surface area contributed by atoms with Crippen LogP contribution in [0.25, 0.3) is 5.52 Å². The molecule has 2 aromatic heterocycles. The van der Waals surface area contributed by atoms with Gasteiger partial charge in [-0.3, -0.25) is 9.59 Å². The van der Waals surface area contributed by atoms with Crippen molar-refractivity contribution in [2.24, 2.45) is 5.92 Å². The molecule has 0 unspecified atom stereocenters. The highest BCUT2D eigenvalue weighted by molar-refractivity contribution is 6.00. The molecular formula is C24H32N4O3. The second-order valence-electron chi connectivity index (χ2n) is 9.26. The van der Waals surface area contributed by atoms with Gasteiger partial charge in [-0.25, -0.2) is 4.52 Å². The van der Waals surface area contributed by atoms with Crippen LogP contribution in [-0.2, 0) is 9.53 Å². The number of piperidine rings is 1. The SMILES string of the molecule is O=C(CC1CCCC1)N1CCC(c2ccn3ncc(C(=O)N4CCOCC4)c3c2)CC1. The largest absolute Gasteiger partial charge is 0.378 e. The van der Waals surface area contributed by atoms with Gasteiger partial charge < -0.3 is 14.5 Å². The van der Waals surface area contributed by atoms with Crippen molar-refractivity contribution in [2.75, 3.05) is 39.4 Å². The number of pyridine rings is 1. The van der Waals surface area contributed by atoms with E-state index in [0.717, 1.165) is 37.9 Å². The molecule has 7 nitrogen and oxygen atoms in total. The van der Waals surface area contributed by atoms with Crippen LogP contribution in [-0.4, -0.2) is 70.6 Å². The van der Waals surface area contributed by atoms with Gasteiger partial charge in [0, 0.05) is 38.8 Å². The molecule has 31 heavy (non-hydrogen) atoms. The fraction of sp³-hybridized carbons (Fsp3) is 0.625. The van der Waals surface area contributed by atoms with Crippen LogP contribution in [0.1, 0.15) is 66.8 Å². The minimum atomic E-state index is 0.0304. The van der Waals surface area contributed by atoms with E-state index < -0.39 is 0 Å². The zero-order valence-corrected chi connectivity index (χ0v) is 18.2. The Kier molecular flexibility index (Phi) is 5.94. The highest BCUT2D eigenvalue weighted by Crippen LogP contribution is 2.32. The summed E-state index contributed by atoms with van der Waals surface area (Å²) >= 11 is 0. The van der Waals surface area contributed by atoms with Crippen LogP contribution in [0.2, 0.25) is 0 Å². The monoisotopic (exact) mass is 424 g/mol. The van der Waals surface area contributed by atoms with Gasteiger partial charge in [0.25, 0.3) is 5.91 Å². The first-order valence-corrected chi connectivity index (χ1v) is 11.8. The standard InChI is InChI=1S/C24H32N4O3/c29-23(15-18-3-1-2-4-18)26-8-5-19(6-9-26)20-7-10-28-22(16-20)21(17-25-28)24(30)27-11-13-31-14-12-27/h7,10,16-19H,1-6,8-9,11-15H2. The summed E-state index contributed by atoms with van der Waals surface area (Å²) in [6, 6.07) is 4.24. The van der Waals surface area contributed by atoms with Crippen LogP contribution in [0.3, 0.4) is 0 Å². The third kappa shape index (κ3) is 4.33. The molecule has 3 aliphatic rings. The Morgan fingerprint density at radius 2 is 1.74 bits per heavy atom. The molecule has 0 atom stereocenters. The molecule has 4 heterocycles. The van der Waals surface area contributed by atoms with Gasteiger partial charge in [0.05, 0.1) is 30.5 Å². The minimum absolute atomic E-state index is 0.0304. The Morgan fingerprint density at radius 1 is 1.00 bits per heavy atom. The van der Waals surface area contributed by atoms with Crippen LogP contribution in [0.4, 0.5) is 0 Å². The van der Waals surface area contributed by atoms with E-state index in [1.54, 1.807) is 10.7 Å². The number of carbonyl (C=O) groups is 2. The number of hydrogen-bond donors (Lipinski definition) is 0. The molecule has 2 aliphatic heterocycles. The molecule has 0 radical (unpaired) electrons. The van der Waals surface area contributed by atoms with Crippen molar-refractivity contribution in [3.8, 4) is 0 Å². The lowest BCUT2D eigenvalue weighted by Gasteiger charge is -2.33. The number of nitrogens with zero attached hydrogens (tertiary/aromatic N) is 4. The summed E-state index contributed by atoms with van der Waals surface area (Å²) in [5.41, 5.74) is 2.77. The van der Waals surface area contributed by atoms with Crippen LogP contribution >= 0.6 is 0 Å². The predicted molar refractivity (Wildman–Crippen MR) is 117 cm³/mol. The molecular weight excluding hydrogens is 392 g/mol.